The van der Waals surface area contributed by atoms with Crippen molar-refractivity contribution in [2.24, 2.45) is 5.92 Å². The summed E-state index contributed by atoms with van der Waals surface area (Å²) < 4.78 is 7.29. The highest BCUT2D eigenvalue weighted by Crippen LogP contribution is 2.31. The summed E-state index contributed by atoms with van der Waals surface area (Å²) in [6.45, 7) is 11.0. The Morgan fingerprint density at radius 1 is 1.30 bits per heavy atom. The van der Waals surface area contributed by atoms with Crippen molar-refractivity contribution in [1.82, 2.24) is 24.8 Å². The van der Waals surface area contributed by atoms with Crippen LogP contribution >= 0.6 is 0 Å². The molecule has 0 spiro atoms. The maximum atomic E-state index is 12.4. The van der Waals surface area contributed by atoms with Gasteiger partial charge in [-0.15, -0.1) is 5.10 Å². The van der Waals surface area contributed by atoms with E-state index in [2.05, 4.69) is 15.2 Å². The van der Waals surface area contributed by atoms with Gasteiger partial charge >= 0.3 is 0 Å². The van der Waals surface area contributed by atoms with Crippen LogP contribution in [0.4, 0.5) is 0 Å². The van der Waals surface area contributed by atoms with Crippen LogP contribution in [0.1, 0.15) is 49.7 Å². The van der Waals surface area contributed by atoms with Crippen LogP contribution in [-0.4, -0.2) is 68.6 Å². The molecule has 1 aliphatic heterocycles. The fraction of sp³-hybridized carbons (Fsp3) is 0.591. The highest BCUT2D eigenvalue weighted by atomic mass is 16.5. The second-order valence-electron chi connectivity index (χ2n) is 7.74. The number of phenols is 1. The number of aromatic nitrogens is 3. The maximum Gasteiger partial charge on any atom is 0.276 e. The van der Waals surface area contributed by atoms with Crippen LogP contribution in [0.25, 0.3) is 0 Å². The number of ether oxygens (including phenoxy) is 1. The van der Waals surface area contributed by atoms with Crippen LogP contribution in [0.15, 0.2) is 24.4 Å². The van der Waals surface area contributed by atoms with E-state index in [0.717, 1.165) is 38.0 Å². The van der Waals surface area contributed by atoms with Gasteiger partial charge in [0.25, 0.3) is 5.91 Å². The van der Waals surface area contributed by atoms with E-state index in [1.54, 1.807) is 21.8 Å². The molecule has 1 fully saturated rings. The van der Waals surface area contributed by atoms with Crippen molar-refractivity contribution >= 4 is 5.91 Å². The first kappa shape index (κ1) is 22.1. The Morgan fingerprint density at radius 2 is 2.10 bits per heavy atom. The second kappa shape index (κ2) is 10.4. The highest BCUT2D eigenvalue weighted by Gasteiger charge is 2.23. The third-order valence-electron chi connectivity index (χ3n) is 5.63. The number of piperidine rings is 1. The minimum atomic E-state index is -0.0684. The van der Waals surface area contributed by atoms with Crippen LogP contribution in [-0.2, 0) is 13.1 Å². The molecule has 8 nitrogen and oxygen atoms in total. The zero-order valence-corrected chi connectivity index (χ0v) is 18.3. The quantitative estimate of drug-likeness (QED) is 0.678. The van der Waals surface area contributed by atoms with Gasteiger partial charge in [-0.25, -0.2) is 0 Å². The molecule has 1 saturated heterocycles. The molecular weight excluding hydrogens is 382 g/mol. The van der Waals surface area contributed by atoms with Crippen molar-refractivity contribution in [2.75, 3.05) is 32.8 Å². The lowest BCUT2D eigenvalue weighted by Gasteiger charge is -2.32. The Hall–Kier alpha value is -2.61. The minimum Gasteiger partial charge on any atom is -0.504 e. The molecule has 1 N–H and O–H groups in total. The van der Waals surface area contributed by atoms with Crippen molar-refractivity contribution in [3.05, 3.63) is 35.7 Å². The maximum absolute atomic E-state index is 12.4. The van der Waals surface area contributed by atoms with Crippen molar-refractivity contribution in [2.45, 2.75) is 46.7 Å². The number of carbonyl (C=O) groups excluding carboxylic acids is 1. The Labute approximate surface area is 178 Å². The summed E-state index contributed by atoms with van der Waals surface area (Å²) in [5.74, 6) is 1.13. The first-order valence-electron chi connectivity index (χ1n) is 10.9. The number of nitrogens with zero attached hydrogens (tertiary/aromatic N) is 5. The number of benzene rings is 1. The van der Waals surface area contributed by atoms with E-state index in [9.17, 15) is 9.90 Å². The number of aromatic hydroxyl groups is 1. The smallest absolute Gasteiger partial charge is 0.276 e. The molecule has 3 rings (SSSR count). The van der Waals surface area contributed by atoms with Gasteiger partial charge in [-0.2, -0.15) is 0 Å². The molecule has 2 aromatic rings. The molecule has 1 amide bonds. The van der Waals surface area contributed by atoms with Crippen molar-refractivity contribution in [3.8, 4) is 11.5 Å². The Balaban J connectivity index is 1.60. The predicted molar refractivity (Wildman–Crippen MR) is 115 cm³/mol. The van der Waals surface area contributed by atoms with Crippen LogP contribution in [0.5, 0.6) is 11.5 Å². The number of para-hydroxylation sites is 1. The van der Waals surface area contributed by atoms with E-state index in [0.29, 0.717) is 43.6 Å². The summed E-state index contributed by atoms with van der Waals surface area (Å²) in [7, 11) is 0. The molecule has 0 radical (unpaired) electrons. The van der Waals surface area contributed by atoms with Crippen molar-refractivity contribution in [1.29, 1.82) is 0 Å². The highest BCUT2D eigenvalue weighted by molar-refractivity contribution is 5.91. The Morgan fingerprint density at radius 3 is 2.83 bits per heavy atom. The molecule has 1 unspecified atom stereocenters. The molecule has 0 bridgehead atoms. The number of amides is 1. The molecule has 0 aliphatic carbocycles. The van der Waals surface area contributed by atoms with Crippen molar-refractivity contribution < 1.29 is 14.6 Å². The Bertz CT molecular complexity index is 834. The van der Waals surface area contributed by atoms with Gasteiger partial charge in [0.15, 0.2) is 17.2 Å². The number of hydrogen-bond acceptors (Lipinski definition) is 6. The molecule has 1 aromatic heterocycles. The third-order valence-corrected chi connectivity index (χ3v) is 5.63. The molecule has 1 atom stereocenters. The van der Waals surface area contributed by atoms with E-state index in [1.807, 2.05) is 32.9 Å². The lowest BCUT2D eigenvalue weighted by molar-refractivity contribution is 0.0767. The molecule has 164 valence electrons. The first-order chi connectivity index (χ1) is 14.5. The minimum absolute atomic E-state index is 0.0684. The normalized spacial score (nSPS) is 17.1. The van der Waals surface area contributed by atoms with Gasteiger partial charge < -0.3 is 14.7 Å². The molecule has 8 heteroatoms. The predicted octanol–water partition coefficient (Wildman–Crippen LogP) is 2.78. The SMILES string of the molecule is CCOc1cccc(CN2CCCC(Cn3cc(C(=O)N(CC)CC)nn3)C2)c1O. The first-order valence-corrected chi connectivity index (χ1v) is 10.9. The fourth-order valence-corrected chi connectivity index (χ4v) is 4.08. The Kier molecular flexibility index (Phi) is 7.68. The molecular formula is C22H33N5O3. The van der Waals surface area contributed by atoms with E-state index < -0.39 is 0 Å². The summed E-state index contributed by atoms with van der Waals surface area (Å²) in [4.78, 5) is 16.6. The topological polar surface area (TPSA) is 83.7 Å². The number of likely N-dealkylation sites (tertiary alicyclic amines) is 1. The summed E-state index contributed by atoms with van der Waals surface area (Å²) in [6.07, 6.45) is 3.97. The second-order valence-corrected chi connectivity index (χ2v) is 7.74. The van der Waals surface area contributed by atoms with Crippen LogP contribution in [0.2, 0.25) is 0 Å². The summed E-state index contributed by atoms with van der Waals surface area (Å²) in [5.41, 5.74) is 1.29. The van der Waals surface area contributed by atoms with E-state index in [1.165, 1.54) is 0 Å². The standard InChI is InChI=1S/C22H33N5O3/c1-4-26(5-2)22(29)19-16-27(24-23-19)14-17-9-8-12-25(13-17)15-18-10-7-11-20(21(18)28)30-6-3/h7,10-11,16-17,28H,4-6,8-9,12-15H2,1-3H3. The molecule has 30 heavy (non-hydrogen) atoms. The number of carbonyl (C=O) groups is 1. The molecule has 0 saturated carbocycles. The summed E-state index contributed by atoms with van der Waals surface area (Å²) in [6, 6.07) is 5.67. The van der Waals surface area contributed by atoms with Gasteiger partial charge in [-0.3, -0.25) is 14.4 Å². The van der Waals surface area contributed by atoms with Gasteiger partial charge in [-0.05, 0) is 52.1 Å². The van der Waals surface area contributed by atoms with Gasteiger partial charge in [0, 0.05) is 38.3 Å². The van der Waals surface area contributed by atoms with Crippen molar-refractivity contribution in [3.63, 3.8) is 0 Å². The summed E-state index contributed by atoms with van der Waals surface area (Å²) in [5, 5.41) is 18.7. The van der Waals surface area contributed by atoms with Gasteiger partial charge in [-0.1, -0.05) is 17.3 Å². The average molecular weight is 416 g/mol. The molecule has 2 heterocycles. The number of rotatable bonds is 9. The lowest BCUT2D eigenvalue weighted by Crippen LogP contribution is -2.36. The average Bonchev–Trinajstić information content (AvgIpc) is 3.21. The van der Waals surface area contributed by atoms with Crippen LogP contribution < -0.4 is 4.74 Å². The van der Waals surface area contributed by atoms with Gasteiger partial charge in [0.2, 0.25) is 0 Å². The van der Waals surface area contributed by atoms with E-state index in [-0.39, 0.29) is 11.7 Å². The van der Waals surface area contributed by atoms with Gasteiger partial charge in [0.05, 0.1) is 12.8 Å². The monoisotopic (exact) mass is 415 g/mol. The molecule has 1 aromatic carbocycles. The van der Waals surface area contributed by atoms with Crippen LogP contribution in [0, 0.1) is 5.92 Å². The molecule has 1 aliphatic rings. The lowest BCUT2D eigenvalue weighted by atomic mass is 9.97. The van der Waals surface area contributed by atoms with Crippen LogP contribution in [0.3, 0.4) is 0 Å². The fourth-order valence-electron chi connectivity index (χ4n) is 4.08. The number of hydrogen-bond donors (Lipinski definition) is 1. The zero-order chi connectivity index (χ0) is 21.5. The largest absolute Gasteiger partial charge is 0.504 e. The number of phenolic OH excluding ortho intramolecular Hbond substituents is 1. The van der Waals surface area contributed by atoms with E-state index >= 15 is 0 Å². The van der Waals surface area contributed by atoms with Gasteiger partial charge in [0.1, 0.15) is 0 Å². The summed E-state index contributed by atoms with van der Waals surface area (Å²) >= 11 is 0. The van der Waals surface area contributed by atoms with E-state index in [4.69, 9.17) is 4.74 Å². The zero-order valence-electron chi connectivity index (χ0n) is 18.3. The third kappa shape index (κ3) is 5.30.